The lowest BCUT2D eigenvalue weighted by molar-refractivity contribution is -0.133. The molecule has 92 valence electrons. The molecule has 0 aliphatic heterocycles. The highest BCUT2D eigenvalue weighted by molar-refractivity contribution is 7.99. The van der Waals surface area contributed by atoms with Gasteiger partial charge in [-0.2, -0.15) is 4.98 Å². The maximum absolute atomic E-state index is 11.2. The summed E-state index contributed by atoms with van der Waals surface area (Å²) in [4.78, 5) is 25.7. The van der Waals surface area contributed by atoms with Crippen LogP contribution in [0.1, 0.15) is 31.7 Å². The van der Waals surface area contributed by atoms with Crippen molar-refractivity contribution < 1.29 is 9.90 Å². The van der Waals surface area contributed by atoms with Gasteiger partial charge in [0, 0.05) is 18.3 Å². The third-order valence-corrected chi connectivity index (χ3v) is 3.80. The van der Waals surface area contributed by atoms with Gasteiger partial charge in [0.05, 0.1) is 5.75 Å². The molecule has 1 aliphatic carbocycles. The summed E-state index contributed by atoms with van der Waals surface area (Å²) in [6, 6.07) is 1.79. The zero-order valence-corrected chi connectivity index (χ0v) is 10.2. The molecule has 1 saturated carbocycles. The van der Waals surface area contributed by atoms with Gasteiger partial charge >= 0.3 is 5.97 Å². The van der Waals surface area contributed by atoms with E-state index in [1.54, 1.807) is 6.20 Å². The van der Waals surface area contributed by atoms with Crippen LogP contribution < -0.4 is 5.56 Å². The smallest absolute Gasteiger partial charge is 0.313 e. The van der Waals surface area contributed by atoms with Crippen molar-refractivity contribution in [1.29, 1.82) is 0 Å². The lowest BCUT2D eigenvalue weighted by atomic mass is 10.2. The van der Waals surface area contributed by atoms with Crippen LogP contribution in [0.25, 0.3) is 0 Å². The molecule has 0 radical (unpaired) electrons. The van der Waals surface area contributed by atoms with Crippen LogP contribution in [-0.4, -0.2) is 26.4 Å². The molecule has 17 heavy (non-hydrogen) atoms. The van der Waals surface area contributed by atoms with Gasteiger partial charge in [-0.15, -0.1) is 0 Å². The molecule has 1 aromatic rings. The quantitative estimate of drug-likeness (QED) is 0.651. The third kappa shape index (κ3) is 3.09. The predicted octanol–water partition coefficient (Wildman–Crippen LogP) is 1.54. The van der Waals surface area contributed by atoms with Gasteiger partial charge in [0.1, 0.15) is 0 Å². The fraction of sp³-hybridized carbons (Fsp3) is 0.545. The van der Waals surface area contributed by atoms with Crippen LogP contribution >= 0.6 is 11.8 Å². The molecule has 2 rings (SSSR count). The van der Waals surface area contributed by atoms with Gasteiger partial charge in [-0.3, -0.25) is 9.59 Å². The first-order valence-corrected chi connectivity index (χ1v) is 6.59. The molecule has 0 spiro atoms. The number of rotatable bonds is 4. The van der Waals surface area contributed by atoms with Crippen molar-refractivity contribution in [2.24, 2.45) is 0 Å². The van der Waals surface area contributed by atoms with E-state index < -0.39 is 5.97 Å². The van der Waals surface area contributed by atoms with Crippen molar-refractivity contribution in [3.05, 3.63) is 22.6 Å². The zero-order valence-electron chi connectivity index (χ0n) is 9.33. The SMILES string of the molecule is O=C(O)CSc1nc(=O)ccn1C1CCCC1. The van der Waals surface area contributed by atoms with Crippen LogP contribution in [0.2, 0.25) is 0 Å². The van der Waals surface area contributed by atoms with E-state index in [4.69, 9.17) is 5.11 Å². The highest BCUT2D eigenvalue weighted by Crippen LogP contribution is 2.31. The van der Waals surface area contributed by atoms with Crippen LogP contribution in [0.15, 0.2) is 22.2 Å². The van der Waals surface area contributed by atoms with Gasteiger partial charge in [-0.1, -0.05) is 24.6 Å². The highest BCUT2D eigenvalue weighted by Gasteiger charge is 2.19. The fourth-order valence-electron chi connectivity index (χ4n) is 2.09. The summed E-state index contributed by atoms with van der Waals surface area (Å²) in [7, 11) is 0. The molecule has 0 unspecified atom stereocenters. The minimum absolute atomic E-state index is 0.0663. The predicted molar refractivity (Wildman–Crippen MR) is 64.4 cm³/mol. The maximum Gasteiger partial charge on any atom is 0.313 e. The Morgan fingerprint density at radius 2 is 2.24 bits per heavy atom. The number of carboxylic acids is 1. The molecular formula is C11H14N2O3S. The van der Waals surface area contributed by atoms with Crippen LogP contribution in [-0.2, 0) is 4.79 Å². The number of thioether (sulfide) groups is 1. The molecule has 0 atom stereocenters. The summed E-state index contributed by atoms with van der Waals surface area (Å²) in [5, 5.41) is 9.18. The van der Waals surface area contributed by atoms with E-state index in [-0.39, 0.29) is 11.3 Å². The Bertz CT molecular complexity index is 466. The minimum Gasteiger partial charge on any atom is -0.481 e. The number of hydrogen-bond acceptors (Lipinski definition) is 4. The van der Waals surface area contributed by atoms with E-state index in [1.807, 2.05) is 4.57 Å². The van der Waals surface area contributed by atoms with Gasteiger partial charge in [0.2, 0.25) is 0 Å². The van der Waals surface area contributed by atoms with E-state index in [0.717, 1.165) is 24.6 Å². The molecule has 1 aromatic heterocycles. The van der Waals surface area contributed by atoms with E-state index in [1.165, 1.54) is 18.9 Å². The van der Waals surface area contributed by atoms with E-state index >= 15 is 0 Å². The molecule has 0 amide bonds. The number of carbonyl (C=O) groups is 1. The second kappa shape index (κ2) is 5.35. The number of hydrogen-bond donors (Lipinski definition) is 1. The standard InChI is InChI=1S/C11H14N2O3S/c14-9-5-6-13(8-3-1-2-4-8)11(12-9)17-7-10(15)16/h5-6,8H,1-4,7H2,(H,15,16). The van der Waals surface area contributed by atoms with Crippen molar-refractivity contribution in [3.63, 3.8) is 0 Å². The first-order chi connectivity index (χ1) is 8.16. The summed E-state index contributed by atoms with van der Waals surface area (Å²) < 4.78 is 1.95. The molecule has 1 fully saturated rings. The van der Waals surface area contributed by atoms with Gasteiger partial charge < -0.3 is 9.67 Å². The van der Waals surface area contributed by atoms with E-state index in [2.05, 4.69) is 4.98 Å². The first kappa shape index (κ1) is 12.2. The third-order valence-electron chi connectivity index (χ3n) is 2.85. The average Bonchev–Trinajstić information content (AvgIpc) is 2.80. The minimum atomic E-state index is -0.897. The van der Waals surface area contributed by atoms with Crippen molar-refractivity contribution >= 4 is 17.7 Å². The number of aromatic nitrogens is 2. The Kier molecular flexibility index (Phi) is 3.83. The Morgan fingerprint density at radius 1 is 1.53 bits per heavy atom. The van der Waals surface area contributed by atoms with Crippen molar-refractivity contribution in [2.45, 2.75) is 36.9 Å². The van der Waals surface area contributed by atoms with Crippen LogP contribution in [0, 0.1) is 0 Å². The number of nitrogens with zero attached hydrogens (tertiary/aromatic N) is 2. The highest BCUT2D eigenvalue weighted by atomic mass is 32.2. The second-order valence-electron chi connectivity index (χ2n) is 4.08. The number of aliphatic carboxylic acids is 1. The summed E-state index contributed by atoms with van der Waals surface area (Å²) in [5.74, 6) is -0.963. The summed E-state index contributed by atoms with van der Waals surface area (Å²) in [5.41, 5.74) is -0.313. The molecule has 0 bridgehead atoms. The Balaban J connectivity index is 2.23. The summed E-state index contributed by atoms with van der Waals surface area (Å²) in [6.07, 6.45) is 6.24. The summed E-state index contributed by atoms with van der Waals surface area (Å²) in [6.45, 7) is 0. The molecule has 1 heterocycles. The number of carboxylic acid groups (broad SMARTS) is 1. The van der Waals surface area contributed by atoms with Gasteiger partial charge in [0.15, 0.2) is 5.16 Å². The normalized spacial score (nSPS) is 16.2. The Labute approximate surface area is 103 Å². The van der Waals surface area contributed by atoms with E-state index in [9.17, 15) is 9.59 Å². The summed E-state index contributed by atoms with van der Waals surface area (Å²) >= 11 is 1.11. The van der Waals surface area contributed by atoms with Crippen LogP contribution in [0.4, 0.5) is 0 Å². The first-order valence-electron chi connectivity index (χ1n) is 5.60. The monoisotopic (exact) mass is 254 g/mol. The molecule has 0 saturated heterocycles. The molecular weight excluding hydrogens is 240 g/mol. The maximum atomic E-state index is 11.2. The van der Waals surface area contributed by atoms with E-state index in [0.29, 0.717) is 11.2 Å². The topological polar surface area (TPSA) is 72.2 Å². The Morgan fingerprint density at radius 3 is 2.88 bits per heavy atom. The molecule has 1 N–H and O–H groups in total. The fourth-order valence-corrected chi connectivity index (χ4v) is 2.86. The van der Waals surface area contributed by atoms with Crippen molar-refractivity contribution in [3.8, 4) is 0 Å². The molecule has 6 heteroatoms. The zero-order chi connectivity index (χ0) is 12.3. The average molecular weight is 254 g/mol. The van der Waals surface area contributed by atoms with Gasteiger partial charge in [-0.25, -0.2) is 0 Å². The van der Waals surface area contributed by atoms with Crippen molar-refractivity contribution in [2.75, 3.05) is 5.75 Å². The van der Waals surface area contributed by atoms with Gasteiger partial charge in [0.25, 0.3) is 5.56 Å². The lowest BCUT2D eigenvalue weighted by Crippen LogP contribution is -2.17. The second-order valence-corrected chi connectivity index (χ2v) is 5.02. The largest absolute Gasteiger partial charge is 0.481 e. The van der Waals surface area contributed by atoms with Crippen LogP contribution in [0.5, 0.6) is 0 Å². The Hall–Kier alpha value is -1.30. The van der Waals surface area contributed by atoms with Crippen LogP contribution in [0.3, 0.4) is 0 Å². The molecule has 1 aliphatic rings. The van der Waals surface area contributed by atoms with Crippen molar-refractivity contribution in [1.82, 2.24) is 9.55 Å². The molecule has 5 nitrogen and oxygen atoms in total. The lowest BCUT2D eigenvalue weighted by Gasteiger charge is -2.17. The molecule has 0 aromatic carbocycles. The van der Waals surface area contributed by atoms with Gasteiger partial charge in [-0.05, 0) is 12.8 Å².